The van der Waals surface area contributed by atoms with E-state index < -0.39 is 11.9 Å². The fourth-order valence-electron chi connectivity index (χ4n) is 2.65. The molecule has 0 saturated carbocycles. The smallest absolute Gasteiger partial charge is 0.331 e. The summed E-state index contributed by atoms with van der Waals surface area (Å²) in [6.45, 7) is 1.66. The fraction of sp³-hybridized carbons (Fsp3) is 0.0952. The summed E-state index contributed by atoms with van der Waals surface area (Å²) in [7, 11) is 0. The highest BCUT2D eigenvalue weighted by Gasteiger charge is 2.18. The summed E-state index contributed by atoms with van der Waals surface area (Å²) >= 11 is 0. The molecule has 2 aromatic carbocycles. The Kier molecular flexibility index (Phi) is 5.39. The zero-order valence-corrected chi connectivity index (χ0v) is 14.3. The van der Waals surface area contributed by atoms with E-state index in [0.29, 0.717) is 5.56 Å². The summed E-state index contributed by atoms with van der Waals surface area (Å²) in [4.78, 5) is 32.9. The third-order valence-corrected chi connectivity index (χ3v) is 3.89. The van der Waals surface area contributed by atoms with Gasteiger partial charge >= 0.3 is 5.97 Å². The number of nitrogens with one attached hydrogen (secondary N) is 1. The Hall–Kier alpha value is -3.47. The molecule has 0 aliphatic carbocycles. The van der Waals surface area contributed by atoms with Crippen molar-refractivity contribution in [1.29, 1.82) is 0 Å². The Morgan fingerprint density at radius 1 is 0.962 bits per heavy atom. The van der Waals surface area contributed by atoms with Gasteiger partial charge in [0.25, 0.3) is 5.91 Å². The summed E-state index contributed by atoms with van der Waals surface area (Å²) < 4.78 is 0. The van der Waals surface area contributed by atoms with E-state index in [1.54, 1.807) is 31.5 Å². The third kappa shape index (κ3) is 3.78. The molecule has 5 heteroatoms. The minimum absolute atomic E-state index is 0.182. The summed E-state index contributed by atoms with van der Waals surface area (Å²) in [5.41, 5.74) is 6.06. The molecule has 0 aliphatic rings. The highest BCUT2D eigenvalue weighted by molar-refractivity contribution is 6.04. The van der Waals surface area contributed by atoms with E-state index in [9.17, 15) is 9.59 Å². The lowest BCUT2D eigenvalue weighted by Crippen LogP contribution is -2.27. The number of pyridine rings is 1. The Bertz CT molecular complexity index is 909. The van der Waals surface area contributed by atoms with Crippen LogP contribution in [0, 0.1) is 0 Å². The molecule has 0 bridgehead atoms. The maximum absolute atomic E-state index is 12.6. The predicted molar refractivity (Wildman–Crippen MR) is 99.0 cm³/mol. The van der Waals surface area contributed by atoms with Gasteiger partial charge in [0.2, 0.25) is 0 Å². The Balaban J connectivity index is 2.10. The Morgan fingerprint density at radius 3 is 2.42 bits per heavy atom. The van der Waals surface area contributed by atoms with Gasteiger partial charge in [-0.15, -0.1) is 0 Å². The Morgan fingerprint density at radius 2 is 1.73 bits per heavy atom. The van der Waals surface area contributed by atoms with Crippen LogP contribution in [0.25, 0.3) is 22.3 Å². The first kappa shape index (κ1) is 17.4. The molecule has 3 rings (SSSR count). The number of hydroxylamine groups is 1. The minimum Gasteiger partial charge on any atom is -0.341 e. The van der Waals surface area contributed by atoms with Gasteiger partial charge in [0, 0.05) is 29.9 Å². The number of benzene rings is 2. The first-order chi connectivity index (χ1) is 12.7. The lowest BCUT2D eigenvalue weighted by molar-refractivity contribution is -0.148. The molecule has 1 aromatic heterocycles. The zero-order chi connectivity index (χ0) is 18.4. The normalized spacial score (nSPS) is 10.2. The molecule has 1 amide bonds. The van der Waals surface area contributed by atoms with Gasteiger partial charge in [0.1, 0.15) is 0 Å². The average Bonchev–Trinajstić information content (AvgIpc) is 2.72. The van der Waals surface area contributed by atoms with Crippen LogP contribution in [0.4, 0.5) is 0 Å². The van der Waals surface area contributed by atoms with Crippen LogP contribution in [0.5, 0.6) is 0 Å². The quantitative estimate of drug-likeness (QED) is 0.725. The topological polar surface area (TPSA) is 68.3 Å². The number of hydrogen-bond donors (Lipinski definition) is 1. The highest BCUT2D eigenvalue weighted by atomic mass is 16.7. The standard InChI is InChI=1S/C21H18N2O3/c1-2-19(24)26-23-21(25)18-12-6-11-17(16-10-7-13-22-14-16)20(18)15-8-4-3-5-9-15/h3-14H,2H2,1H3,(H,23,25). The van der Waals surface area contributed by atoms with Crippen LogP contribution in [0.2, 0.25) is 0 Å². The molecule has 0 fully saturated rings. The molecule has 1 N–H and O–H groups in total. The van der Waals surface area contributed by atoms with Gasteiger partial charge in [0.15, 0.2) is 0 Å². The zero-order valence-electron chi connectivity index (χ0n) is 14.3. The molecule has 0 unspecified atom stereocenters. The summed E-state index contributed by atoms with van der Waals surface area (Å²) in [6.07, 6.45) is 3.63. The minimum atomic E-state index is -0.497. The van der Waals surface area contributed by atoms with Crippen molar-refractivity contribution in [2.75, 3.05) is 0 Å². The van der Waals surface area contributed by atoms with Gasteiger partial charge in [-0.1, -0.05) is 55.5 Å². The van der Waals surface area contributed by atoms with Crippen LogP contribution in [-0.4, -0.2) is 16.9 Å². The number of carbonyl (C=O) groups excluding carboxylic acids is 2. The summed E-state index contributed by atoms with van der Waals surface area (Å²) in [5, 5.41) is 0. The van der Waals surface area contributed by atoms with E-state index in [1.807, 2.05) is 48.5 Å². The van der Waals surface area contributed by atoms with Crippen LogP contribution >= 0.6 is 0 Å². The average molecular weight is 346 g/mol. The van der Waals surface area contributed by atoms with Crippen LogP contribution in [0.1, 0.15) is 23.7 Å². The van der Waals surface area contributed by atoms with Crippen LogP contribution in [0.3, 0.4) is 0 Å². The van der Waals surface area contributed by atoms with Gasteiger partial charge in [0.05, 0.1) is 5.56 Å². The molecule has 0 saturated heterocycles. The number of amides is 1. The fourth-order valence-corrected chi connectivity index (χ4v) is 2.65. The maximum Gasteiger partial charge on any atom is 0.331 e. The SMILES string of the molecule is CCC(=O)ONC(=O)c1cccc(-c2cccnc2)c1-c1ccccc1. The van der Waals surface area contributed by atoms with Crippen LogP contribution in [0.15, 0.2) is 73.1 Å². The molecule has 0 atom stereocenters. The van der Waals surface area contributed by atoms with Crippen molar-refractivity contribution in [3.8, 4) is 22.3 Å². The Labute approximate surface area is 151 Å². The lowest BCUT2D eigenvalue weighted by Gasteiger charge is -2.15. The van der Waals surface area contributed by atoms with E-state index in [0.717, 1.165) is 22.3 Å². The molecule has 3 aromatic rings. The number of aromatic nitrogens is 1. The molecule has 0 radical (unpaired) electrons. The van der Waals surface area contributed by atoms with Crippen LogP contribution in [-0.2, 0) is 9.63 Å². The van der Waals surface area contributed by atoms with Gasteiger partial charge in [-0.2, -0.15) is 5.48 Å². The summed E-state index contributed by atoms with van der Waals surface area (Å²) in [6, 6.07) is 18.8. The number of nitrogens with zero attached hydrogens (tertiary/aromatic N) is 1. The van der Waals surface area contributed by atoms with E-state index in [-0.39, 0.29) is 6.42 Å². The molecule has 26 heavy (non-hydrogen) atoms. The van der Waals surface area contributed by atoms with Crippen molar-refractivity contribution in [2.24, 2.45) is 0 Å². The van der Waals surface area contributed by atoms with E-state index in [2.05, 4.69) is 10.5 Å². The largest absolute Gasteiger partial charge is 0.341 e. The van der Waals surface area contributed by atoms with Crippen molar-refractivity contribution >= 4 is 11.9 Å². The molecule has 5 nitrogen and oxygen atoms in total. The second-order valence-corrected chi connectivity index (χ2v) is 5.59. The summed E-state index contributed by atoms with van der Waals surface area (Å²) in [5.74, 6) is -0.973. The van der Waals surface area contributed by atoms with E-state index in [4.69, 9.17) is 4.84 Å². The van der Waals surface area contributed by atoms with E-state index >= 15 is 0 Å². The van der Waals surface area contributed by atoms with Crippen molar-refractivity contribution in [3.63, 3.8) is 0 Å². The predicted octanol–water partition coefficient (Wildman–Crippen LogP) is 4.01. The van der Waals surface area contributed by atoms with Gasteiger partial charge < -0.3 is 4.84 Å². The lowest BCUT2D eigenvalue weighted by atomic mass is 9.91. The number of rotatable bonds is 4. The molecule has 0 aliphatic heterocycles. The van der Waals surface area contributed by atoms with Gasteiger partial charge in [-0.3, -0.25) is 9.78 Å². The van der Waals surface area contributed by atoms with E-state index in [1.165, 1.54) is 0 Å². The van der Waals surface area contributed by atoms with Crippen molar-refractivity contribution in [3.05, 3.63) is 78.6 Å². The number of carbonyl (C=O) groups is 2. The van der Waals surface area contributed by atoms with Crippen LogP contribution < -0.4 is 5.48 Å². The van der Waals surface area contributed by atoms with Gasteiger partial charge in [-0.25, -0.2) is 4.79 Å². The van der Waals surface area contributed by atoms with Crippen molar-refractivity contribution in [1.82, 2.24) is 10.5 Å². The van der Waals surface area contributed by atoms with Crippen molar-refractivity contribution in [2.45, 2.75) is 13.3 Å². The molecular weight excluding hydrogens is 328 g/mol. The molecular formula is C21H18N2O3. The van der Waals surface area contributed by atoms with Crippen molar-refractivity contribution < 1.29 is 14.4 Å². The van der Waals surface area contributed by atoms with Gasteiger partial charge in [-0.05, 0) is 23.3 Å². The third-order valence-electron chi connectivity index (χ3n) is 3.89. The first-order valence-corrected chi connectivity index (χ1v) is 8.29. The second-order valence-electron chi connectivity index (χ2n) is 5.59. The molecule has 0 spiro atoms. The molecule has 1 heterocycles. The number of hydrogen-bond acceptors (Lipinski definition) is 4. The monoisotopic (exact) mass is 346 g/mol. The highest BCUT2D eigenvalue weighted by Crippen LogP contribution is 2.34. The molecule has 130 valence electrons. The maximum atomic E-state index is 12.6. The second kappa shape index (κ2) is 8.07. The first-order valence-electron chi connectivity index (χ1n) is 8.29.